The summed E-state index contributed by atoms with van der Waals surface area (Å²) in [6, 6.07) is 11.7. The maximum Gasteiger partial charge on any atom is 0.166 e. The lowest BCUT2D eigenvalue weighted by atomic mass is 9.96. The van der Waals surface area contributed by atoms with Gasteiger partial charge in [-0.3, -0.25) is 4.79 Å². The molecule has 3 rings (SSSR count). The van der Waals surface area contributed by atoms with E-state index in [1.165, 1.54) is 0 Å². The van der Waals surface area contributed by atoms with Crippen LogP contribution < -0.4 is 9.47 Å². The highest BCUT2D eigenvalue weighted by Gasteiger charge is 2.29. The Bertz CT molecular complexity index is 704. The van der Waals surface area contributed by atoms with Crippen molar-refractivity contribution in [2.45, 2.75) is 13.3 Å². The summed E-state index contributed by atoms with van der Waals surface area (Å²) in [6.45, 7) is 1.98. The molecular formula is C18H18O3. The van der Waals surface area contributed by atoms with E-state index in [4.69, 9.17) is 9.47 Å². The van der Waals surface area contributed by atoms with E-state index in [1.54, 1.807) is 14.2 Å². The lowest BCUT2D eigenvalue weighted by Crippen LogP contribution is -2.02. The molecule has 0 bridgehead atoms. The van der Waals surface area contributed by atoms with Crippen LogP contribution in [-0.4, -0.2) is 20.0 Å². The Morgan fingerprint density at radius 3 is 2.48 bits per heavy atom. The first-order valence-electron chi connectivity index (χ1n) is 7.04. The number of carbonyl (C=O) groups is 1. The second kappa shape index (κ2) is 5.24. The van der Waals surface area contributed by atoms with Crippen molar-refractivity contribution in [2.75, 3.05) is 14.2 Å². The number of carbonyl (C=O) groups excluding carboxylic acids is 1. The van der Waals surface area contributed by atoms with Gasteiger partial charge in [-0.05, 0) is 29.7 Å². The first-order valence-corrected chi connectivity index (χ1v) is 7.04. The second-order valence-corrected chi connectivity index (χ2v) is 5.37. The first-order chi connectivity index (χ1) is 10.2. The third-order valence-electron chi connectivity index (χ3n) is 4.10. The minimum absolute atomic E-state index is 0.0605. The van der Waals surface area contributed by atoms with Crippen molar-refractivity contribution in [3.63, 3.8) is 0 Å². The number of rotatable bonds is 3. The number of methoxy groups -OCH3 is 2. The van der Waals surface area contributed by atoms with Crippen LogP contribution in [-0.2, 0) is 6.42 Å². The van der Waals surface area contributed by atoms with E-state index in [1.807, 2.05) is 37.3 Å². The molecule has 2 aromatic carbocycles. The molecule has 3 heteroatoms. The van der Waals surface area contributed by atoms with E-state index in [-0.39, 0.29) is 11.7 Å². The van der Waals surface area contributed by atoms with Gasteiger partial charge in [0.2, 0.25) is 0 Å². The number of ether oxygens (including phenoxy) is 2. The minimum Gasteiger partial charge on any atom is -0.497 e. The molecule has 1 aliphatic carbocycles. The van der Waals surface area contributed by atoms with Crippen molar-refractivity contribution in [1.82, 2.24) is 0 Å². The molecule has 1 unspecified atom stereocenters. The van der Waals surface area contributed by atoms with E-state index in [2.05, 4.69) is 6.07 Å². The molecule has 0 heterocycles. The van der Waals surface area contributed by atoms with Gasteiger partial charge in [0.1, 0.15) is 11.5 Å². The Balaban J connectivity index is 2.17. The van der Waals surface area contributed by atoms with Crippen LogP contribution in [0.15, 0.2) is 36.4 Å². The Morgan fingerprint density at radius 1 is 1.00 bits per heavy atom. The molecule has 0 saturated carbocycles. The van der Waals surface area contributed by atoms with Crippen molar-refractivity contribution in [1.29, 1.82) is 0 Å². The quantitative estimate of drug-likeness (QED) is 0.860. The van der Waals surface area contributed by atoms with E-state index >= 15 is 0 Å². The number of Topliss-reactive ketones (excluding diaryl/α,β-unsaturated/α-hetero) is 1. The predicted molar refractivity (Wildman–Crippen MR) is 82.2 cm³/mol. The third kappa shape index (κ3) is 2.19. The van der Waals surface area contributed by atoms with Crippen molar-refractivity contribution in [3.8, 4) is 22.6 Å². The van der Waals surface area contributed by atoms with E-state index in [0.717, 1.165) is 40.2 Å². The summed E-state index contributed by atoms with van der Waals surface area (Å²) < 4.78 is 10.7. The van der Waals surface area contributed by atoms with Crippen molar-refractivity contribution in [3.05, 3.63) is 47.5 Å². The molecule has 108 valence electrons. The molecule has 0 fully saturated rings. The Hall–Kier alpha value is -2.29. The van der Waals surface area contributed by atoms with E-state index in [9.17, 15) is 4.79 Å². The molecule has 0 N–H and O–H groups in total. The number of ketones is 1. The number of fused-ring (bicyclic) bond motifs is 1. The van der Waals surface area contributed by atoms with Gasteiger partial charge in [0.25, 0.3) is 0 Å². The van der Waals surface area contributed by atoms with Crippen LogP contribution in [0.5, 0.6) is 11.5 Å². The minimum atomic E-state index is 0.0605. The highest BCUT2D eigenvalue weighted by atomic mass is 16.5. The van der Waals surface area contributed by atoms with Crippen LogP contribution >= 0.6 is 0 Å². The Kier molecular flexibility index (Phi) is 3.42. The fraction of sp³-hybridized carbons (Fsp3) is 0.278. The maximum atomic E-state index is 12.2. The molecule has 2 aromatic rings. The van der Waals surface area contributed by atoms with Gasteiger partial charge < -0.3 is 9.47 Å². The maximum absolute atomic E-state index is 12.2. The largest absolute Gasteiger partial charge is 0.497 e. The van der Waals surface area contributed by atoms with Gasteiger partial charge in [-0.25, -0.2) is 0 Å². The topological polar surface area (TPSA) is 35.5 Å². The van der Waals surface area contributed by atoms with Gasteiger partial charge in [-0.15, -0.1) is 0 Å². The van der Waals surface area contributed by atoms with Gasteiger partial charge in [-0.2, -0.15) is 0 Å². The smallest absolute Gasteiger partial charge is 0.166 e. The fourth-order valence-electron chi connectivity index (χ4n) is 2.98. The summed E-state index contributed by atoms with van der Waals surface area (Å²) in [7, 11) is 3.28. The molecule has 21 heavy (non-hydrogen) atoms. The monoisotopic (exact) mass is 282 g/mol. The Morgan fingerprint density at radius 2 is 1.76 bits per heavy atom. The molecule has 0 aromatic heterocycles. The van der Waals surface area contributed by atoms with E-state index in [0.29, 0.717) is 0 Å². The van der Waals surface area contributed by atoms with Crippen LogP contribution in [0.3, 0.4) is 0 Å². The molecule has 0 spiro atoms. The summed E-state index contributed by atoms with van der Waals surface area (Å²) >= 11 is 0. The molecule has 1 atom stereocenters. The van der Waals surface area contributed by atoms with Crippen LogP contribution in [0.25, 0.3) is 11.1 Å². The average molecular weight is 282 g/mol. The number of benzene rings is 2. The van der Waals surface area contributed by atoms with Gasteiger partial charge >= 0.3 is 0 Å². The van der Waals surface area contributed by atoms with Crippen LogP contribution in [0.1, 0.15) is 22.8 Å². The average Bonchev–Trinajstić information content (AvgIpc) is 2.82. The molecule has 0 aliphatic heterocycles. The van der Waals surface area contributed by atoms with Crippen LogP contribution in [0.4, 0.5) is 0 Å². The summed E-state index contributed by atoms with van der Waals surface area (Å²) in [4.78, 5) is 12.2. The van der Waals surface area contributed by atoms with E-state index < -0.39 is 0 Å². The molecule has 0 saturated heterocycles. The zero-order valence-electron chi connectivity index (χ0n) is 12.5. The Labute approximate surface area is 124 Å². The zero-order chi connectivity index (χ0) is 15.0. The molecule has 0 amide bonds. The molecule has 3 nitrogen and oxygen atoms in total. The predicted octanol–water partition coefficient (Wildman–Crippen LogP) is 3.75. The summed E-state index contributed by atoms with van der Waals surface area (Å²) in [5.41, 5.74) is 4.04. The second-order valence-electron chi connectivity index (χ2n) is 5.37. The van der Waals surface area contributed by atoms with Crippen molar-refractivity contribution in [2.24, 2.45) is 5.92 Å². The fourth-order valence-corrected chi connectivity index (χ4v) is 2.98. The number of hydrogen-bond acceptors (Lipinski definition) is 3. The zero-order valence-corrected chi connectivity index (χ0v) is 12.5. The first kappa shape index (κ1) is 13.7. The van der Waals surface area contributed by atoms with Crippen molar-refractivity contribution < 1.29 is 14.3 Å². The van der Waals surface area contributed by atoms with Gasteiger partial charge in [0.05, 0.1) is 14.2 Å². The third-order valence-corrected chi connectivity index (χ3v) is 4.10. The lowest BCUT2D eigenvalue weighted by molar-refractivity contribution is 0.0946. The molecular weight excluding hydrogens is 264 g/mol. The molecule has 0 radical (unpaired) electrons. The lowest BCUT2D eigenvalue weighted by Gasteiger charge is -2.13. The van der Waals surface area contributed by atoms with Gasteiger partial charge in [-0.1, -0.05) is 25.1 Å². The van der Waals surface area contributed by atoms with Crippen molar-refractivity contribution >= 4 is 5.78 Å². The normalized spacial score (nSPS) is 16.7. The molecule has 1 aliphatic rings. The van der Waals surface area contributed by atoms with Gasteiger partial charge in [0.15, 0.2) is 5.78 Å². The standard InChI is InChI=1S/C18H18O3/c1-11-9-16-13(5-4-6-15(16)18(11)19)14-8-7-12(20-2)10-17(14)21-3/h4-8,10-11H,9H2,1-3H3. The highest BCUT2D eigenvalue weighted by molar-refractivity contribution is 6.04. The van der Waals surface area contributed by atoms with Gasteiger partial charge in [0, 0.05) is 23.1 Å². The van der Waals surface area contributed by atoms with Crippen LogP contribution in [0, 0.1) is 5.92 Å². The summed E-state index contributed by atoms with van der Waals surface area (Å²) in [5, 5.41) is 0. The SMILES string of the molecule is COc1ccc(-c2cccc3c2CC(C)C3=O)c(OC)c1. The summed E-state index contributed by atoms with van der Waals surface area (Å²) in [6.07, 6.45) is 0.791. The highest BCUT2D eigenvalue weighted by Crippen LogP contribution is 2.39. The summed E-state index contributed by atoms with van der Waals surface area (Å²) in [5.74, 6) is 1.81. The van der Waals surface area contributed by atoms with Crippen LogP contribution in [0.2, 0.25) is 0 Å². The number of hydrogen-bond donors (Lipinski definition) is 0.